The Balaban J connectivity index is 2.71. The lowest BCUT2D eigenvalue weighted by Crippen LogP contribution is -2.00. The van der Waals surface area contributed by atoms with E-state index in [2.05, 4.69) is 5.10 Å². The van der Waals surface area contributed by atoms with Crippen molar-refractivity contribution in [3.05, 3.63) is 34.6 Å². The Kier molecular flexibility index (Phi) is 3.59. The minimum Gasteiger partial charge on any atom is -0.496 e. The van der Waals surface area contributed by atoms with Gasteiger partial charge in [0.05, 0.1) is 12.8 Å². The van der Waals surface area contributed by atoms with Gasteiger partial charge in [-0.15, -0.1) is 0 Å². The number of aryl methyl sites for hydroxylation is 1. The molecule has 0 atom stereocenters. The maximum absolute atomic E-state index is 6.06. The summed E-state index contributed by atoms with van der Waals surface area (Å²) in [6, 6.07) is 5.53. The van der Waals surface area contributed by atoms with Gasteiger partial charge in [-0.1, -0.05) is 11.6 Å². The zero-order chi connectivity index (χ0) is 13.3. The molecule has 0 spiro atoms. The Bertz CT molecular complexity index is 578. The van der Waals surface area contributed by atoms with Crippen LogP contribution in [-0.2, 0) is 13.6 Å². The second-order valence-electron chi connectivity index (χ2n) is 4.08. The zero-order valence-corrected chi connectivity index (χ0v) is 11.5. The molecule has 0 aliphatic carbocycles. The lowest BCUT2D eigenvalue weighted by molar-refractivity contribution is 0.416. The van der Waals surface area contributed by atoms with Crippen molar-refractivity contribution in [2.45, 2.75) is 13.5 Å². The van der Waals surface area contributed by atoms with E-state index >= 15 is 0 Å². The van der Waals surface area contributed by atoms with Crippen molar-refractivity contribution >= 4 is 11.6 Å². The molecule has 0 aliphatic rings. The highest BCUT2D eigenvalue weighted by atomic mass is 35.5. The van der Waals surface area contributed by atoms with Crippen molar-refractivity contribution in [1.29, 1.82) is 0 Å². The quantitative estimate of drug-likeness (QED) is 0.928. The molecule has 5 heteroatoms. The molecule has 0 saturated heterocycles. The van der Waals surface area contributed by atoms with Crippen molar-refractivity contribution < 1.29 is 4.74 Å². The third kappa shape index (κ3) is 2.09. The second kappa shape index (κ2) is 5.00. The van der Waals surface area contributed by atoms with Gasteiger partial charge in [0, 0.05) is 35.4 Å². The third-order valence-electron chi connectivity index (χ3n) is 3.03. The normalized spacial score (nSPS) is 10.7. The summed E-state index contributed by atoms with van der Waals surface area (Å²) in [5, 5.41) is 5.07. The zero-order valence-electron chi connectivity index (χ0n) is 10.7. The van der Waals surface area contributed by atoms with Gasteiger partial charge in [-0.25, -0.2) is 0 Å². The second-order valence-corrected chi connectivity index (χ2v) is 4.52. The van der Waals surface area contributed by atoms with E-state index in [9.17, 15) is 0 Å². The topological polar surface area (TPSA) is 53.1 Å². The number of aromatic nitrogens is 2. The van der Waals surface area contributed by atoms with Gasteiger partial charge in [0.25, 0.3) is 0 Å². The molecule has 2 N–H and O–H groups in total. The van der Waals surface area contributed by atoms with Gasteiger partial charge in [0.1, 0.15) is 5.75 Å². The van der Waals surface area contributed by atoms with Crippen LogP contribution in [0.15, 0.2) is 18.2 Å². The molecular weight excluding hydrogens is 250 g/mol. The Morgan fingerprint density at radius 2 is 2.17 bits per heavy atom. The van der Waals surface area contributed by atoms with Crippen LogP contribution in [0.1, 0.15) is 11.4 Å². The molecule has 0 fully saturated rings. The number of halogens is 1. The fourth-order valence-electron chi connectivity index (χ4n) is 2.05. The molecule has 1 aromatic heterocycles. The van der Waals surface area contributed by atoms with Crippen molar-refractivity contribution in [2.75, 3.05) is 7.11 Å². The molecule has 0 aliphatic heterocycles. The molecule has 18 heavy (non-hydrogen) atoms. The van der Waals surface area contributed by atoms with Gasteiger partial charge in [0.15, 0.2) is 0 Å². The smallest absolute Gasteiger partial charge is 0.126 e. The van der Waals surface area contributed by atoms with E-state index in [1.54, 1.807) is 13.2 Å². The van der Waals surface area contributed by atoms with Gasteiger partial charge in [0.2, 0.25) is 0 Å². The number of ether oxygens (including phenoxy) is 1. The molecule has 2 aromatic rings. The molecule has 1 aromatic carbocycles. The average molecular weight is 266 g/mol. The minimum absolute atomic E-state index is 0.382. The lowest BCUT2D eigenvalue weighted by atomic mass is 10.0. The van der Waals surface area contributed by atoms with Gasteiger partial charge in [-0.3, -0.25) is 4.68 Å². The van der Waals surface area contributed by atoms with E-state index in [0.29, 0.717) is 11.6 Å². The molecule has 96 valence electrons. The van der Waals surface area contributed by atoms with Gasteiger partial charge in [-0.05, 0) is 25.1 Å². The summed E-state index contributed by atoms with van der Waals surface area (Å²) in [5.74, 6) is 0.769. The molecule has 4 nitrogen and oxygen atoms in total. The van der Waals surface area contributed by atoms with Crippen LogP contribution in [-0.4, -0.2) is 16.9 Å². The lowest BCUT2D eigenvalue weighted by Gasteiger charge is -2.10. The summed E-state index contributed by atoms with van der Waals surface area (Å²) in [5.41, 5.74) is 9.56. The standard InChI is InChI=1S/C13H16ClN3O/c1-8-13(11(7-15)16-17(8)2)10-6-9(14)4-5-12(10)18-3/h4-6H,7,15H2,1-3H3. The fraction of sp³-hybridized carbons (Fsp3) is 0.308. The summed E-state index contributed by atoms with van der Waals surface area (Å²) in [4.78, 5) is 0. The van der Waals surface area contributed by atoms with Crippen molar-refractivity contribution in [1.82, 2.24) is 9.78 Å². The predicted octanol–water partition coefficient (Wildman–Crippen LogP) is 2.52. The number of hydrogen-bond acceptors (Lipinski definition) is 3. The van der Waals surface area contributed by atoms with E-state index in [1.807, 2.05) is 30.8 Å². The van der Waals surface area contributed by atoms with Crippen LogP contribution >= 0.6 is 11.6 Å². The first kappa shape index (κ1) is 12.9. The highest BCUT2D eigenvalue weighted by Gasteiger charge is 2.17. The Morgan fingerprint density at radius 1 is 1.44 bits per heavy atom. The molecular formula is C13H16ClN3O. The van der Waals surface area contributed by atoms with E-state index in [4.69, 9.17) is 22.1 Å². The molecule has 0 saturated carbocycles. The van der Waals surface area contributed by atoms with Crippen molar-refractivity contribution in [3.63, 3.8) is 0 Å². The number of nitrogens with zero attached hydrogens (tertiary/aromatic N) is 2. The Morgan fingerprint density at radius 3 is 2.78 bits per heavy atom. The maximum Gasteiger partial charge on any atom is 0.126 e. The van der Waals surface area contributed by atoms with Gasteiger partial charge < -0.3 is 10.5 Å². The Labute approximate surface area is 111 Å². The summed E-state index contributed by atoms with van der Waals surface area (Å²) < 4.78 is 7.20. The number of hydrogen-bond donors (Lipinski definition) is 1. The van der Waals surface area contributed by atoms with E-state index in [1.165, 1.54) is 0 Å². The molecule has 2 rings (SSSR count). The van der Waals surface area contributed by atoms with Crippen LogP contribution in [0.4, 0.5) is 0 Å². The molecule has 1 heterocycles. The first-order valence-corrected chi connectivity index (χ1v) is 6.02. The van der Waals surface area contributed by atoms with Crippen LogP contribution in [0.3, 0.4) is 0 Å². The summed E-state index contributed by atoms with van der Waals surface area (Å²) in [7, 11) is 3.54. The van der Waals surface area contributed by atoms with Gasteiger partial charge >= 0.3 is 0 Å². The highest BCUT2D eigenvalue weighted by molar-refractivity contribution is 6.31. The molecule has 0 bridgehead atoms. The monoisotopic (exact) mass is 265 g/mol. The first-order valence-electron chi connectivity index (χ1n) is 5.65. The predicted molar refractivity (Wildman–Crippen MR) is 72.8 cm³/mol. The van der Waals surface area contributed by atoms with Crippen LogP contribution < -0.4 is 10.5 Å². The number of benzene rings is 1. The summed E-state index contributed by atoms with van der Waals surface area (Å²) >= 11 is 6.06. The summed E-state index contributed by atoms with van der Waals surface area (Å²) in [6.45, 7) is 2.38. The van der Waals surface area contributed by atoms with Gasteiger partial charge in [-0.2, -0.15) is 5.10 Å². The Hall–Kier alpha value is -1.52. The van der Waals surface area contributed by atoms with E-state index in [-0.39, 0.29) is 0 Å². The third-order valence-corrected chi connectivity index (χ3v) is 3.27. The fourth-order valence-corrected chi connectivity index (χ4v) is 2.22. The van der Waals surface area contributed by atoms with Crippen LogP contribution in [0.5, 0.6) is 5.75 Å². The molecule has 0 radical (unpaired) electrons. The SMILES string of the molecule is COc1ccc(Cl)cc1-c1c(CN)nn(C)c1C. The number of nitrogens with two attached hydrogens (primary N) is 1. The van der Waals surface area contributed by atoms with Crippen LogP contribution in [0.2, 0.25) is 5.02 Å². The molecule has 0 unspecified atom stereocenters. The largest absolute Gasteiger partial charge is 0.496 e. The highest BCUT2D eigenvalue weighted by Crippen LogP contribution is 2.36. The van der Waals surface area contributed by atoms with Crippen molar-refractivity contribution in [2.24, 2.45) is 12.8 Å². The maximum atomic E-state index is 6.06. The van der Waals surface area contributed by atoms with Crippen molar-refractivity contribution in [3.8, 4) is 16.9 Å². The minimum atomic E-state index is 0.382. The number of rotatable bonds is 3. The van der Waals surface area contributed by atoms with Crippen LogP contribution in [0, 0.1) is 6.92 Å². The first-order chi connectivity index (χ1) is 8.58. The number of methoxy groups -OCH3 is 1. The van der Waals surface area contributed by atoms with Crippen LogP contribution in [0.25, 0.3) is 11.1 Å². The summed E-state index contributed by atoms with van der Waals surface area (Å²) in [6.07, 6.45) is 0. The van der Waals surface area contributed by atoms with E-state index in [0.717, 1.165) is 28.3 Å². The molecule has 0 amide bonds. The van der Waals surface area contributed by atoms with E-state index < -0.39 is 0 Å². The average Bonchev–Trinajstić information content (AvgIpc) is 2.65.